The van der Waals surface area contributed by atoms with Gasteiger partial charge < -0.3 is 14.2 Å². The van der Waals surface area contributed by atoms with Crippen LogP contribution in [0.4, 0.5) is 0 Å². The van der Waals surface area contributed by atoms with Gasteiger partial charge in [0.2, 0.25) is 5.91 Å². The van der Waals surface area contributed by atoms with Crippen molar-refractivity contribution in [2.24, 2.45) is 5.92 Å². The summed E-state index contributed by atoms with van der Waals surface area (Å²) in [5.41, 5.74) is 2.38. The van der Waals surface area contributed by atoms with Crippen molar-refractivity contribution in [3.05, 3.63) is 81.9 Å². The molecule has 2 aromatic heterocycles. The van der Waals surface area contributed by atoms with Crippen LogP contribution in [0.25, 0.3) is 0 Å². The van der Waals surface area contributed by atoms with E-state index >= 15 is 0 Å². The van der Waals surface area contributed by atoms with Crippen molar-refractivity contribution in [1.82, 2.24) is 9.80 Å². The predicted molar refractivity (Wildman–Crippen MR) is 115 cm³/mol. The van der Waals surface area contributed by atoms with E-state index in [2.05, 4.69) is 23.6 Å². The molecule has 154 valence electrons. The lowest BCUT2D eigenvalue weighted by Gasteiger charge is -2.40. The quantitative estimate of drug-likeness (QED) is 0.632. The first-order valence-corrected chi connectivity index (χ1v) is 11.3. The Kier molecular flexibility index (Phi) is 5.17. The molecule has 2 atom stereocenters. The molecule has 0 unspecified atom stereocenters. The molecule has 2 amide bonds. The maximum atomic E-state index is 13.7. The summed E-state index contributed by atoms with van der Waals surface area (Å²) in [5, 5.41) is 2.12. The van der Waals surface area contributed by atoms with Gasteiger partial charge in [0.25, 0.3) is 5.91 Å². The van der Waals surface area contributed by atoms with E-state index in [-0.39, 0.29) is 23.8 Å². The molecule has 0 bridgehead atoms. The van der Waals surface area contributed by atoms with Gasteiger partial charge in [0.1, 0.15) is 0 Å². The number of thiophene rings is 1. The second kappa shape index (κ2) is 8.11. The highest BCUT2D eigenvalue weighted by molar-refractivity contribution is 7.10. The van der Waals surface area contributed by atoms with Crippen LogP contribution < -0.4 is 0 Å². The van der Waals surface area contributed by atoms with Gasteiger partial charge in [-0.2, -0.15) is 0 Å². The van der Waals surface area contributed by atoms with Crippen molar-refractivity contribution in [1.29, 1.82) is 0 Å². The van der Waals surface area contributed by atoms with E-state index in [0.29, 0.717) is 25.4 Å². The third-order valence-corrected chi connectivity index (χ3v) is 7.15. The van der Waals surface area contributed by atoms with E-state index in [4.69, 9.17) is 4.42 Å². The molecule has 5 rings (SSSR count). The molecule has 0 aliphatic carbocycles. The number of carbonyl (C=O) groups is 2. The standard InChI is InChI=1S/C24H24N2O3S/c27-23(18-8-4-12-25(16-18)24(28)20-9-5-14-29-20)26-13-10-21-19(11-15-30-21)22(26)17-6-2-1-3-7-17/h1-3,5-7,9,11,14-15,18,22H,4,8,10,12-13,16H2/t18-,22-/m0/s1. The topological polar surface area (TPSA) is 53.8 Å². The van der Waals surface area contributed by atoms with Gasteiger partial charge >= 0.3 is 0 Å². The summed E-state index contributed by atoms with van der Waals surface area (Å²) in [7, 11) is 0. The zero-order valence-corrected chi connectivity index (χ0v) is 17.5. The van der Waals surface area contributed by atoms with Crippen LogP contribution in [0.15, 0.2) is 64.6 Å². The highest BCUT2D eigenvalue weighted by Gasteiger charge is 2.38. The summed E-state index contributed by atoms with van der Waals surface area (Å²) in [5.74, 6) is 0.184. The van der Waals surface area contributed by atoms with Gasteiger partial charge in [0.15, 0.2) is 5.76 Å². The first kappa shape index (κ1) is 19.1. The number of furan rings is 1. The first-order valence-electron chi connectivity index (χ1n) is 10.5. The minimum absolute atomic E-state index is 0.0511. The lowest BCUT2D eigenvalue weighted by atomic mass is 9.90. The Bertz CT molecular complexity index is 1030. The molecule has 5 nitrogen and oxygen atoms in total. The number of nitrogens with zero attached hydrogens (tertiary/aromatic N) is 2. The van der Waals surface area contributed by atoms with E-state index in [1.165, 1.54) is 16.7 Å². The molecular weight excluding hydrogens is 396 g/mol. The first-order chi connectivity index (χ1) is 14.7. The number of likely N-dealkylation sites (tertiary alicyclic amines) is 1. The molecule has 2 aliphatic rings. The molecule has 2 aliphatic heterocycles. The third kappa shape index (κ3) is 3.45. The summed E-state index contributed by atoms with van der Waals surface area (Å²) in [6, 6.07) is 15.8. The summed E-state index contributed by atoms with van der Waals surface area (Å²) in [4.78, 5) is 31.6. The Morgan fingerprint density at radius 3 is 2.70 bits per heavy atom. The van der Waals surface area contributed by atoms with Crippen LogP contribution in [0, 0.1) is 5.92 Å². The second-order valence-corrected chi connectivity index (χ2v) is 8.96. The van der Waals surface area contributed by atoms with Crippen LogP contribution in [0.1, 0.15) is 45.4 Å². The Balaban J connectivity index is 1.40. The number of benzene rings is 1. The molecule has 30 heavy (non-hydrogen) atoms. The fourth-order valence-corrected chi connectivity index (χ4v) is 5.61. The van der Waals surface area contributed by atoms with Crippen molar-refractivity contribution in [2.75, 3.05) is 19.6 Å². The smallest absolute Gasteiger partial charge is 0.289 e. The van der Waals surface area contributed by atoms with E-state index in [1.807, 2.05) is 23.1 Å². The fraction of sp³-hybridized carbons (Fsp3) is 0.333. The number of rotatable bonds is 3. The minimum Gasteiger partial charge on any atom is -0.459 e. The average molecular weight is 421 g/mol. The van der Waals surface area contributed by atoms with E-state index in [9.17, 15) is 9.59 Å². The highest BCUT2D eigenvalue weighted by atomic mass is 32.1. The maximum absolute atomic E-state index is 13.7. The molecule has 4 heterocycles. The Hall–Kier alpha value is -2.86. The summed E-state index contributed by atoms with van der Waals surface area (Å²) in [6.07, 6.45) is 4.05. The number of amides is 2. The zero-order chi connectivity index (χ0) is 20.5. The summed E-state index contributed by atoms with van der Waals surface area (Å²) >= 11 is 1.77. The minimum atomic E-state index is -0.177. The number of fused-ring (bicyclic) bond motifs is 1. The maximum Gasteiger partial charge on any atom is 0.289 e. The van der Waals surface area contributed by atoms with Crippen LogP contribution in [-0.2, 0) is 11.2 Å². The van der Waals surface area contributed by atoms with E-state index in [1.54, 1.807) is 28.4 Å². The second-order valence-electron chi connectivity index (χ2n) is 7.96. The van der Waals surface area contributed by atoms with Crippen molar-refractivity contribution >= 4 is 23.2 Å². The van der Waals surface area contributed by atoms with Gasteiger partial charge in [0.05, 0.1) is 18.2 Å². The number of piperidine rings is 1. The van der Waals surface area contributed by atoms with Crippen molar-refractivity contribution in [2.45, 2.75) is 25.3 Å². The normalized spacial score (nSPS) is 21.3. The third-order valence-electron chi connectivity index (χ3n) is 6.15. The van der Waals surface area contributed by atoms with Crippen LogP contribution in [0.2, 0.25) is 0 Å². The van der Waals surface area contributed by atoms with Crippen LogP contribution in [0.3, 0.4) is 0 Å². The van der Waals surface area contributed by atoms with Crippen molar-refractivity contribution in [3.8, 4) is 0 Å². The lowest BCUT2D eigenvalue weighted by Crippen LogP contribution is -2.49. The lowest BCUT2D eigenvalue weighted by molar-refractivity contribution is -0.139. The Morgan fingerprint density at radius 2 is 1.90 bits per heavy atom. The molecule has 1 saturated heterocycles. The van der Waals surface area contributed by atoms with Gasteiger partial charge in [-0.15, -0.1) is 11.3 Å². The zero-order valence-electron chi connectivity index (χ0n) is 16.7. The van der Waals surface area contributed by atoms with Gasteiger partial charge in [-0.1, -0.05) is 30.3 Å². The molecule has 0 N–H and O–H groups in total. The number of hydrogen-bond acceptors (Lipinski definition) is 4. The molecule has 1 aromatic carbocycles. The summed E-state index contributed by atoms with van der Waals surface area (Å²) < 4.78 is 5.28. The van der Waals surface area contributed by atoms with Crippen molar-refractivity contribution < 1.29 is 14.0 Å². The van der Waals surface area contributed by atoms with Gasteiger partial charge in [-0.25, -0.2) is 0 Å². The number of carbonyl (C=O) groups excluding carboxylic acids is 2. The highest BCUT2D eigenvalue weighted by Crippen LogP contribution is 2.39. The molecule has 3 aromatic rings. The molecule has 0 spiro atoms. The fourth-order valence-electron chi connectivity index (χ4n) is 4.70. The largest absolute Gasteiger partial charge is 0.459 e. The monoisotopic (exact) mass is 420 g/mol. The molecule has 0 saturated carbocycles. The van der Waals surface area contributed by atoms with E-state index in [0.717, 1.165) is 24.8 Å². The van der Waals surface area contributed by atoms with Crippen LogP contribution in [0.5, 0.6) is 0 Å². The van der Waals surface area contributed by atoms with Gasteiger partial charge in [0, 0.05) is 24.5 Å². The molecular formula is C24H24N2O3S. The average Bonchev–Trinajstić information content (AvgIpc) is 3.50. The molecule has 1 fully saturated rings. The van der Waals surface area contributed by atoms with E-state index < -0.39 is 0 Å². The van der Waals surface area contributed by atoms with Crippen LogP contribution >= 0.6 is 11.3 Å². The summed E-state index contributed by atoms with van der Waals surface area (Å²) in [6.45, 7) is 1.83. The number of hydrogen-bond donors (Lipinski definition) is 0. The molecule has 6 heteroatoms. The Labute approximate surface area is 179 Å². The SMILES string of the molecule is O=C(c1ccco1)N1CCC[C@H](C(=O)N2CCc3sccc3[C@@H]2c2ccccc2)C1. The van der Waals surface area contributed by atoms with Crippen molar-refractivity contribution in [3.63, 3.8) is 0 Å². The van der Waals surface area contributed by atoms with Gasteiger partial charge in [-0.05, 0) is 54.0 Å². The predicted octanol–water partition coefficient (Wildman–Crippen LogP) is 4.37. The molecule has 0 radical (unpaired) electrons. The van der Waals surface area contributed by atoms with Gasteiger partial charge in [-0.3, -0.25) is 9.59 Å². The Morgan fingerprint density at radius 1 is 1.03 bits per heavy atom. The van der Waals surface area contributed by atoms with Crippen LogP contribution in [-0.4, -0.2) is 41.2 Å².